The van der Waals surface area contributed by atoms with Crippen LogP contribution >= 0.6 is 0 Å². The van der Waals surface area contributed by atoms with Gasteiger partial charge >= 0.3 is 0 Å². The van der Waals surface area contributed by atoms with E-state index < -0.39 is 0 Å². The molecule has 96 valence electrons. The predicted molar refractivity (Wildman–Crippen MR) is 65.8 cm³/mol. The van der Waals surface area contributed by atoms with Gasteiger partial charge in [0.25, 0.3) is 0 Å². The van der Waals surface area contributed by atoms with Crippen molar-refractivity contribution in [1.82, 2.24) is 14.9 Å². The normalized spacial score (nSPS) is 10.6. The average Bonchev–Trinajstić information content (AvgIpc) is 2.34. The summed E-state index contributed by atoms with van der Waals surface area (Å²) in [6.45, 7) is 6.26. The number of hydrogen-bond donors (Lipinski definition) is 2. The molecule has 17 heavy (non-hydrogen) atoms. The van der Waals surface area contributed by atoms with Crippen LogP contribution in [0.4, 0.5) is 11.6 Å². The Hall–Kier alpha value is -1.76. The van der Waals surface area contributed by atoms with Gasteiger partial charge in [0.15, 0.2) is 5.69 Å². The summed E-state index contributed by atoms with van der Waals surface area (Å²) in [5, 5.41) is 0. The Morgan fingerprint density at radius 2 is 1.71 bits per heavy atom. The maximum Gasteiger partial charge on any atom is 0.247 e. The van der Waals surface area contributed by atoms with Crippen molar-refractivity contribution in [2.75, 3.05) is 38.4 Å². The monoisotopic (exact) mass is 241 g/mol. The third-order valence-corrected chi connectivity index (χ3v) is 2.36. The SMILES string of the molecule is CCN(CC)COc1nc(N)nc(OC)c1N. The maximum absolute atomic E-state index is 5.78. The van der Waals surface area contributed by atoms with Gasteiger partial charge < -0.3 is 20.9 Å². The molecule has 0 amide bonds. The summed E-state index contributed by atoms with van der Waals surface area (Å²) in [5.41, 5.74) is 11.6. The van der Waals surface area contributed by atoms with Gasteiger partial charge in [0.1, 0.15) is 6.73 Å². The third-order valence-electron chi connectivity index (χ3n) is 2.36. The van der Waals surface area contributed by atoms with E-state index in [-0.39, 0.29) is 23.4 Å². The smallest absolute Gasteiger partial charge is 0.247 e. The zero-order valence-corrected chi connectivity index (χ0v) is 10.4. The molecule has 7 heteroatoms. The maximum atomic E-state index is 5.78. The second-order valence-electron chi connectivity index (χ2n) is 3.39. The van der Waals surface area contributed by atoms with Crippen LogP contribution in [0.1, 0.15) is 13.8 Å². The van der Waals surface area contributed by atoms with Gasteiger partial charge in [-0.25, -0.2) is 0 Å². The zero-order valence-electron chi connectivity index (χ0n) is 10.4. The quantitative estimate of drug-likeness (QED) is 0.692. The fourth-order valence-corrected chi connectivity index (χ4v) is 1.27. The highest BCUT2D eigenvalue weighted by Gasteiger charge is 2.13. The van der Waals surface area contributed by atoms with Crippen LogP contribution in [-0.2, 0) is 0 Å². The molecule has 7 nitrogen and oxygen atoms in total. The highest BCUT2D eigenvalue weighted by Crippen LogP contribution is 2.28. The van der Waals surface area contributed by atoms with E-state index in [1.165, 1.54) is 7.11 Å². The molecule has 0 saturated heterocycles. The van der Waals surface area contributed by atoms with E-state index in [2.05, 4.69) is 14.9 Å². The van der Waals surface area contributed by atoms with Gasteiger partial charge in [-0.1, -0.05) is 13.8 Å². The topological polar surface area (TPSA) is 99.5 Å². The van der Waals surface area contributed by atoms with Gasteiger partial charge in [0.05, 0.1) is 7.11 Å². The van der Waals surface area contributed by atoms with Crippen LogP contribution in [0.2, 0.25) is 0 Å². The lowest BCUT2D eigenvalue weighted by molar-refractivity contribution is 0.133. The first-order chi connectivity index (χ1) is 8.12. The molecule has 0 spiro atoms. The summed E-state index contributed by atoms with van der Waals surface area (Å²) in [5.74, 6) is 0.555. The number of hydrogen-bond acceptors (Lipinski definition) is 7. The second kappa shape index (κ2) is 6.09. The molecule has 0 radical (unpaired) electrons. The van der Waals surface area contributed by atoms with Crippen LogP contribution in [-0.4, -0.2) is 41.8 Å². The minimum absolute atomic E-state index is 0.0746. The van der Waals surface area contributed by atoms with Crippen LogP contribution in [0, 0.1) is 0 Å². The lowest BCUT2D eigenvalue weighted by Crippen LogP contribution is -2.28. The zero-order chi connectivity index (χ0) is 12.8. The fraction of sp³-hybridized carbons (Fsp3) is 0.600. The summed E-state index contributed by atoms with van der Waals surface area (Å²) in [4.78, 5) is 9.85. The number of methoxy groups -OCH3 is 1. The van der Waals surface area contributed by atoms with E-state index >= 15 is 0 Å². The van der Waals surface area contributed by atoms with Gasteiger partial charge in [-0.3, -0.25) is 4.90 Å². The van der Waals surface area contributed by atoms with E-state index in [4.69, 9.17) is 20.9 Å². The molecule has 0 atom stereocenters. The Labute approximate surface area is 101 Å². The van der Waals surface area contributed by atoms with Gasteiger partial charge in [0.2, 0.25) is 17.7 Å². The van der Waals surface area contributed by atoms with Crippen molar-refractivity contribution >= 4 is 11.6 Å². The molecule has 0 aliphatic heterocycles. The first-order valence-corrected chi connectivity index (χ1v) is 5.44. The van der Waals surface area contributed by atoms with Crippen molar-refractivity contribution in [2.45, 2.75) is 13.8 Å². The van der Waals surface area contributed by atoms with E-state index in [0.717, 1.165) is 13.1 Å². The van der Waals surface area contributed by atoms with Crippen LogP contribution < -0.4 is 20.9 Å². The number of anilines is 2. The minimum Gasteiger partial charge on any atom is -0.479 e. The molecule has 0 aliphatic rings. The number of aromatic nitrogens is 2. The molecule has 1 aromatic rings. The summed E-state index contributed by atoms with van der Waals surface area (Å²) in [6, 6.07) is 0. The van der Waals surface area contributed by atoms with E-state index in [1.54, 1.807) is 0 Å². The number of nitrogen functional groups attached to an aromatic ring is 2. The van der Waals surface area contributed by atoms with Crippen molar-refractivity contribution in [1.29, 1.82) is 0 Å². The van der Waals surface area contributed by atoms with Crippen LogP contribution in [0.3, 0.4) is 0 Å². The fourth-order valence-electron chi connectivity index (χ4n) is 1.27. The Bertz CT molecular complexity index is 368. The molecule has 4 N–H and O–H groups in total. The van der Waals surface area contributed by atoms with E-state index in [0.29, 0.717) is 6.73 Å². The van der Waals surface area contributed by atoms with Crippen molar-refractivity contribution in [3.05, 3.63) is 0 Å². The molecular formula is C10H19N5O2. The van der Waals surface area contributed by atoms with Crippen LogP contribution in [0.25, 0.3) is 0 Å². The average molecular weight is 241 g/mol. The van der Waals surface area contributed by atoms with Gasteiger partial charge in [-0.05, 0) is 13.1 Å². The lowest BCUT2D eigenvalue weighted by Gasteiger charge is -2.19. The molecule has 0 saturated carbocycles. The van der Waals surface area contributed by atoms with Crippen LogP contribution in [0.15, 0.2) is 0 Å². The highest BCUT2D eigenvalue weighted by molar-refractivity contribution is 5.58. The Kier molecular flexibility index (Phi) is 4.77. The first-order valence-electron chi connectivity index (χ1n) is 5.44. The predicted octanol–water partition coefficient (Wildman–Crippen LogP) is 0.328. The Morgan fingerprint density at radius 1 is 1.12 bits per heavy atom. The second-order valence-corrected chi connectivity index (χ2v) is 3.39. The summed E-state index contributed by atoms with van der Waals surface area (Å²) in [7, 11) is 1.46. The number of nitrogens with zero attached hydrogens (tertiary/aromatic N) is 3. The molecule has 0 bridgehead atoms. The van der Waals surface area contributed by atoms with Crippen molar-refractivity contribution in [3.8, 4) is 11.8 Å². The van der Waals surface area contributed by atoms with Gasteiger partial charge in [-0.2, -0.15) is 9.97 Å². The minimum atomic E-state index is 0.0746. The molecule has 0 fully saturated rings. The summed E-state index contributed by atoms with van der Waals surface area (Å²) >= 11 is 0. The molecule has 0 aliphatic carbocycles. The molecule has 1 rings (SSSR count). The van der Waals surface area contributed by atoms with Gasteiger partial charge in [-0.15, -0.1) is 0 Å². The lowest BCUT2D eigenvalue weighted by atomic mass is 10.5. The largest absolute Gasteiger partial charge is 0.479 e. The van der Waals surface area contributed by atoms with E-state index in [1.807, 2.05) is 13.8 Å². The van der Waals surface area contributed by atoms with Crippen LogP contribution in [0.5, 0.6) is 11.8 Å². The molecule has 1 aromatic heterocycles. The summed E-state index contributed by atoms with van der Waals surface area (Å²) in [6.07, 6.45) is 0. The summed E-state index contributed by atoms with van der Waals surface area (Å²) < 4.78 is 10.5. The number of nitrogens with two attached hydrogens (primary N) is 2. The van der Waals surface area contributed by atoms with Gasteiger partial charge in [0, 0.05) is 0 Å². The standard InChI is InChI=1S/C10H19N5O2/c1-4-15(5-2)6-17-9-7(11)8(16-3)13-10(12)14-9/h4-6,11H2,1-3H3,(H2,12,13,14). The first kappa shape index (κ1) is 13.3. The van der Waals surface area contributed by atoms with Crippen molar-refractivity contribution < 1.29 is 9.47 Å². The number of rotatable bonds is 6. The third kappa shape index (κ3) is 3.35. The molecule has 0 unspecified atom stereocenters. The molecule has 1 heterocycles. The number of ether oxygens (including phenoxy) is 2. The molecule has 0 aromatic carbocycles. The highest BCUT2D eigenvalue weighted by atomic mass is 16.5. The molecular weight excluding hydrogens is 222 g/mol. The van der Waals surface area contributed by atoms with Crippen molar-refractivity contribution in [3.63, 3.8) is 0 Å². The Morgan fingerprint density at radius 3 is 2.24 bits per heavy atom. The van der Waals surface area contributed by atoms with E-state index in [9.17, 15) is 0 Å². The van der Waals surface area contributed by atoms with Crippen molar-refractivity contribution in [2.24, 2.45) is 0 Å². The Balaban J connectivity index is 2.80.